The van der Waals surface area contributed by atoms with Crippen molar-refractivity contribution in [3.63, 3.8) is 0 Å². The Hall–Kier alpha value is -1.02. The van der Waals surface area contributed by atoms with Gasteiger partial charge in [0.15, 0.2) is 0 Å². The normalized spacial score (nSPS) is 27.5. The van der Waals surface area contributed by atoms with E-state index in [1.165, 1.54) is 48.9 Å². The molecule has 0 saturated carbocycles. The molecule has 1 aromatic rings. The van der Waals surface area contributed by atoms with Crippen LogP contribution >= 0.6 is 0 Å². The van der Waals surface area contributed by atoms with Crippen LogP contribution in [0.15, 0.2) is 18.2 Å². The Morgan fingerprint density at radius 3 is 2.47 bits per heavy atom. The Labute approximate surface area is 104 Å². The molecular weight excluding hydrogens is 208 g/mol. The molecule has 2 atom stereocenters. The summed E-state index contributed by atoms with van der Waals surface area (Å²) in [4.78, 5) is 2.69. The molecule has 2 bridgehead atoms. The molecule has 2 heteroatoms. The molecule has 0 amide bonds. The number of hydrogen-bond donors (Lipinski definition) is 1. The zero-order chi connectivity index (χ0) is 11.8. The van der Waals surface area contributed by atoms with Gasteiger partial charge in [0.25, 0.3) is 0 Å². The lowest BCUT2D eigenvalue weighted by Gasteiger charge is -2.37. The topological polar surface area (TPSA) is 29.3 Å². The van der Waals surface area contributed by atoms with Gasteiger partial charge >= 0.3 is 0 Å². The Kier molecular flexibility index (Phi) is 2.83. The second-order valence-electron chi connectivity index (χ2n) is 5.55. The van der Waals surface area contributed by atoms with E-state index in [0.717, 1.165) is 12.1 Å². The molecule has 1 aromatic carbocycles. The van der Waals surface area contributed by atoms with E-state index in [-0.39, 0.29) is 0 Å². The first-order valence-corrected chi connectivity index (χ1v) is 6.87. The Bertz CT molecular complexity index is 397. The van der Waals surface area contributed by atoms with Gasteiger partial charge in [0.1, 0.15) is 0 Å². The van der Waals surface area contributed by atoms with Gasteiger partial charge in [-0.25, -0.2) is 0 Å². The molecule has 3 rings (SSSR count). The minimum atomic E-state index is 0.647. The number of nitrogens with two attached hydrogens (primary N) is 1. The van der Waals surface area contributed by atoms with Crippen molar-refractivity contribution in [3.8, 4) is 0 Å². The van der Waals surface area contributed by atoms with E-state index < -0.39 is 0 Å². The summed E-state index contributed by atoms with van der Waals surface area (Å²) in [5, 5.41) is 0. The van der Waals surface area contributed by atoms with Gasteiger partial charge in [0.2, 0.25) is 0 Å². The van der Waals surface area contributed by atoms with Crippen LogP contribution in [0, 0.1) is 6.92 Å². The number of nitrogens with zero attached hydrogens (tertiary/aromatic N) is 1. The molecule has 2 N–H and O–H groups in total. The first kappa shape index (κ1) is 11.1. The number of benzene rings is 1. The maximum absolute atomic E-state index is 5.70. The van der Waals surface area contributed by atoms with Crippen molar-refractivity contribution in [2.45, 2.75) is 57.7 Å². The summed E-state index contributed by atoms with van der Waals surface area (Å²) < 4.78 is 0. The number of aryl methyl sites for hydroxylation is 1. The molecule has 2 aliphatic heterocycles. The predicted octanol–water partition coefficient (Wildman–Crippen LogP) is 2.98. The lowest BCUT2D eigenvalue weighted by molar-refractivity contribution is 0.467. The third-order valence-electron chi connectivity index (χ3n) is 4.47. The minimum absolute atomic E-state index is 0.647. The molecule has 2 saturated heterocycles. The Morgan fingerprint density at radius 1 is 1.18 bits per heavy atom. The molecule has 2 heterocycles. The smallest absolute Gasteiger partial charge is 0.0401 e. The van der Waals surface area contributed by atoms with E-state index in [0.29, 0.717) is 6.54 Å². The van der Waals surface area contributed by atoms with Gasteiger partial charge < -0.3 is 10.6 Å². The van der Waals surface area contributed by atoms with Crippen molar-refractivity contribution >= 4 is 5.69 Å². The molecule has 2 nitrogen and oxygen atoms in total. The first-order chi connectivity index (χ1) is 8.29. The van der Waals surface area contributed by atoms with Crippen LogP contribution in [0.3, 0.4) is 0 Å². The second-order valence-corrected chi connectivity index (χ2v) is 5.55. The van der Waals surface area contributed by atoms with Crippen LogP contribution in [0.25, 0.3) is 0 Å². The molecule has 0 unspecified atom stereocenters. The average molecular weight is 230 g/mol. The van der Waals surface area contributed by atoms with Crippen molar-refractivity contribution in [1.82, 2.24) is 0 Å². The highest BCUT2D eigenvalue weighted by Gasteiger charge is 2.36. The monoisotopic (exact) mass is 230 g/mol. The highest BCUT2D eigenvalue weighted by atomic mass is 15.2. The maximum atomic E-state index is 5.70. The Morgan fingerprint density at radius 2 is 1.88 bits per heavy atom. The summed E-state index contributed by atoms with van der Waals surface area (Å²) in [5.41, 5.74) is 9.79. The van der Waals surface area contributed by atoms with E-state index in [2.05, 4.69) is 30.0 Å². The van der Waals surface area contributed by atoms with Crippen LogP contribution in [-0.2, 0) is 6.54 Å². The van der Waals surface area contributed by atoms with Crippen molar-refractivity contribution < 1.29 is 0 Å². The fraction of sp³-hybridized carbons (Fsp3) is 0.600. The lowest BCUT2D eigenvalue weighted by Crippen LogP contribution is -2.40. The SMILES string of the molecule is Cc1cc(CN)ccc1N1[C@H]2CCC[C@H]1CC2. The second kappa shape index (κ2) is 4.34. The van der Waals surface area contributed by atoms with E-state index in [1.54, 1.807) is 0 Å². The van der Waals surface area contributed by atoms with Crippen LogP contribution in [-0.4, -0.2) is 12.1 Å². The van der Waals surface area contributed by atoms with Crippen LogP contribution < -0.4 is 10.6 Å². The van der Waals surface area contributed by atoms with Crippen molar-refractivity contribution in [2.75, 3.05) is 4.90 Å². The number of hydrogen-bond acceptors (Lipinski definition) is 2. The molecule has 92 valence electrons. The van der Waals surface area contributed by atoms with Crippen molar-refractivity contribution in [2.24, 2.45) is 5.73 Å². The van der Waals surface area contributed by atoms with E-state index >= 15 is 0 Å². The fourth-order valence-corrected chi connectivity index (χ4v) is 3.64. The zero-order valence-electron chi connectivity index (χ0n) is 10.7. The highest BCUT2D eigenvalue weighted by Crippen LogP contribution is 2.40. The molecule has 0 aromatic heterocycles. The predicted molar refractivity (Wildman–Crippen MR) is 72.2 cm³/mol. The number of rotatable bonds is 2. The summed E-state index contributed by atoms with van der Waals surface area (Å²) >= 11 is 0. The quantitative estimate of drug-likeness (QED) is 0.846. The Balaban J connectivity index is 1.93. The van der Waals surface area contributed by atoms with Crippen LogP contribution in [0.4, 0.5) is 5.69 Å². The molecule has 17 heavy (non-hydrogen) atoms. The summed E-state index contributed by atoms with van der Waals surface area (Å²) in [7, 11) is 0. The standard InChI is InChI=1S/C15H22N2/c1-11-9-12(10-16)5-8-15(11)17-13-3-2-4-14(17)7-6-13/h5,8-9,13-14H,2-4,6-7,10,16H2,1H3/t13-,14-/m0/s1. The summed E-state index contributed by atoms with van der Waals surface area (Å²) in [6.45, 7) is 2.87. The molecule has 0 radical (unpaired) electrons. The molecule has 2 fully saturated rings. The van der Waals surface area contributed by atoms with Gasteiger partial charge in [-0.3, -0.25) is 0 Å². The van der Waals surface area contributed by atoms with Gasteiger partial charge in [0, 0.05) is 24.3 Å². The largest absolute Gasteiger partial charge is 0.365 e. The fourth-order valence-electron chi connectivity index (χ4n) is 3.64. The minimum Gasteiger partial charge on any atom is -0.365 e. The van der Waals surface area contributed by atoms with E-state index in [1.807, 2.05) is 0 Å². The summed E-state index contributed by atoms with van der Waals surface area (Å²) in [5.74, 6) is 0. The summed E-state index contributed by atoms with van der Waals surface area (Å²) in [6, 6.07) is 8.33. The van der Waals surface area contributed by atoms with Crippen LogP contribution in [0.1, 0.15) is 43.2 Å². The van der Waals surface area contributed by atoms with Crippen molar-refractivity contribution in [1.29, 1.82) is 0 Å². The maximum Gasteiger partial charge on any atom is 0.0401 e. The molecule has 0 spiro atoms. The summed E-state index contributed by atoms with van der Waals surface area (Å²) in [6.07, 6.45) is 6.97. The number of anilines is 1. The number of piperidine rings is 1. The third-order valence-corrected chi connectivity index (χ3v) is 4.47. The van der Waals surface area contributed by atoms with Crippen molar-refractivity contribution in [3.05, 3.63) is 29.3 Å². The molecule has 2 aliphatic rings. The molecular formula is C15H22N2. The number of fused-ring (bicyclic) bond motifs is 2. The third kappa shape index (κ3) is 1.85. The van der Waals surface area contributed by atoms with Gasteiger partial charge in [-0.2, -0.15) is 0 Å². The van der Waals surface area contributed by atoms with Crippen LogP contribution in [0.5, 0.6) is 0 Å². The highest BCUT2D eigenvalue weighted by molar-refractivity contribution is 5.57. The van der Waals surface area contributed by atoms with E-state index in [9.17, 15) is 0 Å². The average Bonchev–Trinajstić information content (AvgIpc) is 2.59. The van der Waals surface area contributed by atoms with Gasteiger partial charge in [-0.1, -0.05) is 12.1 Å². The van der Waals surface area contributed by atoms with E-state index in [4.69, 9.17) is 5.73 Å². The first-order valence-electron chi connectivity index (χ1n) is 6.87. The zero-order valence-corrected chi connectivity index (χ0v) is 10.7. The van der Waals surface area contributed by atoms with Gasteiger partial charge in [-0.05, 0) is 56.2 Å². The lowest BCUT2D eigenvalue weighted by atomic mass is 9.99. The van der Waals surface area contributed by atoms with Gasteiger partial charge in [-0.15, -0.1) is 0 Å². The van der Waals surface area contributed by atoms with Gasteiger partial charge in [0.05, 0.1) is 0 Å². The van der Waals surface area contributed by atoms with Crippen LogP contribution in [0.2, 0.25) is 0 Å². The molecule has 0 aliphatic carbocycles.